The lowest BCUT2D eigenvalue weighted by atomic mass is 10.0. The molecule has 2 aromatic heterocycles. The Morgan fingerprint density at radius 1 is 1.53 bits per heavy atom. The van der Waals surface area contributed by atoms with Gasteiger partial charge in [-0.15, -0.1) is 0 Å². The first kappa shape index (κ1) is 11.7. The Hall–Kier alpha value is -1.75. The fraction of sp³-hybridized carbons (Fsp3) is 0.417. The minimum Gasteiger partial charge on any atom is -0.493 e. The SMILES string of the molecule is CNC(c1ccoc1C)c1c(OC)cnn1C. The fourth-order valence-electron chi connectivity index (χ4n) is 2.05. The van der Waals surface area contributed by atoms with E-state index in [-0.39, 0.29) is 6.04 Å². The molecule has 92 valence electrons. The molecular formula is C12H17N3O2. The zero-order valence-electron chi connectivity index (χ0n) is 10.5. The van der Waals surface area contributed by atoms with Crippen LogP contribution in [0, 0.1) is 6.92 Å². The summed E-state index contributed by atoms with van der Waals surface area (Å²) in [6.07, 6.45) is 3.41. The van der Waals surface area contributed by atoms with Crippen LogP contribution in [0.4, 0.5) is 0 Å². The van der Waals surface area contributed by atoms with Crippen LogP contribution in [-0.4, -0.2) is 23.9 Å². The lowest BCUT2D eigenvalue weighted by Crippen LogP contribution is -2.21. The summed E-state index contributed by atoms with van der Waals surface area (Å²) < 4.78 is 12.5. The number of nitrogens with zero attached hydrogens (tertiary/aromatic N) is 2. The van der Waals surface area contributed by atoms with Crippen LogP contribution in [0.15, 0.2) is 22.9 Å². The molecule has 5 heteroatoms. The molecule has 1 N–H and O–H groups in total. The van der Waals surface area contributed by atoms with Crippen LogP contribution in [0.5, 0.6) is 5.75 Å². The largest absolute Gasteiger partial charge is 0.493 e. The molecule has 0 bridgehead atoms. The maximum absolute atomic E-state index is 5.35. The second-order valence-corrected chi connectivity index (χ2v) is 3.88. The van der Waals surface area contributed by atoms with Gasteiger partial charge in [-0.25, -0.2) is 0 Å². The van der Waals surface area contributed by atoms with E-state index in [4.69, 9.17) is 9.15 Å². The Morgan fingerprint density at radius 2 is 2.29 bits per heavy atom. The first-order chi connectivity index (χ1) is 8.19. The number of methoxy groups -OCH3 is 1. The number of aromatic nitrogens is 2. The van der Waals surface area contributed by atoms with E-state index < -0.39 is 0 Å². The summed E-state index contributed by atoms with van der Waals surface area (Å²) in [7, 11) is 5.45. The first-order valence-electron chi connectivity index (χ1n) is 5.46. The van der Waals surface area contributed by atoms with Crippen molar-refractivity contribution in [3.63, 3.8) is 0 Å². The van der Waals surface area contributed by atoms with Crippen LogP contribution in [-0.2, 0) is 7.05 Å². The summed E-state index contributed by atoms with van der Waals surface area (Å²) in [5.41, 5.74) is 2.08. The number of ether oxygens (including phenoxy) is 1. The minimum absolute atomic E-state index is 0.0104. The Kier molecular flexibility index (Phi) is 3.19. The predicted molar refractivity (Wildman–Crippen MR) is 64.1 cm³/mol. The van der Waals surface area contributed by atoms with Crippen molar-refractivity contribution in [1.29, 1.82) is 0 Å². The molecule has 1 atom stereocenters. The number of hydrogen-bond acceptors (Lipinski definition) is 4. The quantitative estimate of drug-likeness (QED) is 0.875. The lowest BCUT2D eigenvalue weighted by molar-refractivity contribution is 0.402. The van der Waals surface area contributed by atoms with Crippen molar-refractivity contribution in [2.75, 3.05) is 14.2 Å². The highest BCUT2D eigenvalue weighted by Crippen LogP contribution is 2.31. The van der Waals surface area contributed by atoms with Crippen molar-refractivity contribution >= 4 is 0 Å². The third-order valence-electron chi connectivity index (χ3n) is 2.94. The van der Waals surface area contributed by atoms with Gasteiger partial charge in [-0.05, 0) is 20.0 Å². The summed E-state index contributed by atoms with van der Waals surface area (Å²) in [6, 6.07) is 1.97. The smallest absolute Gasteiger partial charge is 0.161 e. The van der Waals surface area contributed by atoms with Crippen molar-refractivity contribution in [1.82, 2.24) is 15.1 Å². The second kappa shape index (κ2) is 4.63. The van der Waals surface area contributed by atoms with Gasteiger partial charge in [0.2, 0.25) is 0 Å². The van der Waals surface area contributed by atoms with Gasteiger partial charge in [-0.1, -0.05) is 0 Å². The van der Waals surface area contributed by atoms with Gasteiger partial charge >= 0.3 is 0 Å². The van der Waals surface area contributed by atoms with Gasteiger partial charge in [0.05, 0.1) is 25.6 Å². The highest BCUT2D eigenvalue weighted by molar-refractivity contribution is 5.37. The molecule has 2 heterocycles. The molecule has 0 amide bonds. The second-order valence-electron chi connectivity index (χ2n) is 3.88. The van der Waals surface area contributed by atoms with Gasteiger partial charge in [-0.3, -0.25) is 4.68 Å². The Bertz CT molecular complexity index is 502. The van der Waals surface area contributed by atoms with Crippen LogP contribution in [0.2, 0.25) is 0 Å². The molecular weight excluding hydrogens is 218 g/mol. The molecule has 0 aliphatic heterocycles. The Labute approximate surface area is 100 Å². The van der Waals surface area contributed by atoms with Crippen molar-refractivity contribution in [2.24, 2.45) is 7.05 Å². The molecule has 17 heavy (non-hydrogen) atoms. The average molecular weight is 235 g/mol. The van der Waals surface area contributed by atoms with Gasteiger partial charge in [0.1, 0.15) is 11.5 Å². The zero-order valence-corrected chi connectivity index (χ0v) is 10.5. The third kappa shape index (κ3) is 1.93. The normalized spacial score (nSPS) is 12.7. The van der Waals surface area contributed by atoms with Crippen LogP contribution in [0.3, 0.4) is 0 Å². The molecule has 0 aliphatic rings. The third-order valence-corrected chi connectivity index (χ3v) is 2.94. The topological polar surface area (TPSA) is 52.2 Å². The van der Waals surface area contributed by atoms with E-state index >= 15 is 0 Å². The number of aryl methyl sites for hydroxylation is 2. The molecule has 0 fully saturated rings. The molecule has 2 aromatic rings. The molecule has 0 spiro atoms. The zero-order chi connectivity index (χ0) is 12.4. The van der Waals surface area contributed by atoms with Gasteiger partial charge in [0, 0.05) is 12.6 Å². The van der Waals surface area contributed by atoms with Gasteiger partial charge in [0.15, 0.2) is 5.75 Å². The van der Waals surface area contributed by atoms with E-state index in [9.17, 15) is 0 Å². The molecule has 0 aromatic carbocycles. The number of furan rings is 1. The van der Waals surface area contributed by atoms with Crippen LogP contribution in [0.1, 0.15) is 23.1 Å². The van der Waals surface area contributed by atoms with Crippen molar-refractivity contribution in [3.8, 4) is 5.75 Å². The highest BCUT2D eigenvalue weighted by atomic mass is 16.5. The van der Waals surface area contributed by atoms with Crippen LogP contribution >= 0.6 is 0 Å². The molecule has 0 aliphatic carbocycles. The van der Waals surface area contributed by atoms with Crippen LogP contribution < -0.4 is 10.1 Å². The van der Waals surface area contributed by atoms with Gasteiger partial charge < -0.3 is 14.5 Å². The molecule has 0 saturated carbocycles. The number of rotatable bonds is 4. The summed E-state index contributed by atoms with van der Waals surface area (Å²) >= 11 is 0. The Morgan fingerprint density at radius 3 is 2.82 bits per heavy atom. The van der Waals surface area contributed by atoms with Crippen molar-refractivity contribution < 1.29 is 9.15 Å². The molecule has 0 saturated heterocycles. The first-order valence-corrected chi connectivity index (χ1v) is 5.46. The van der Waals surface area contributed by atoms with Gasteiger partial charge in [-0.2, -0.15) is 5.10 Å². The van der Waals surface area contributed by atoms with E-state index in [0.717, 1.165) is 22.8 Å². The Balaban J connectivity index is 2.49. The molecule has 5 nitrogen and oxygen atoms in total. The van der Waals surface area contributed by atoms with E-state index in [0.29, 0.717) is 0 Å². The highest BCUT2D eigenvalue weighted by Gasteiger charge is 2.23. The van der Waals surface area contributed by atoms with Gasteiger partial charge in [0.25, 0.3) is 0 Å². The molecule has 1 unspecified atom stereocenters. The lowest BCUT2D eigenvalue weighted by Gasteiger charge is -2.17. The van der Waals surface area contributed by atoms with Crippen molar-refractivity contribution in [3.05, 3.63) is 35.5 Å². The standard InChI is InChI=1S/C12H17N3O2/c1-8-9(5-6-17-8)11(13-2)12-10(16-4)7-14-15(12)3/h5-7,11,13H,1-4H3. The van der Waals surface area contributed by atoms with E-state index in [2.05, 4.69) is 10.4 Å². The minimum atomic E-state index is 0.0104. The van der Waals surface area contributed by atoms with E-state index in [1.807, 2.05) is 31.8 Å². The summed E-state index contributed by atoms with van der Waals surface area (Å²) in [5.74, 6) is 1.67. The fourth-order valence-corrected chi connectivity index (χ4v) is 2.05. The summed E-state index contributed by atoms with van der Waals surface area (Å²) in [5, 5.41) is 7.48. The van der Waals surface area contributed by atoms with Crippen molar-refractivity contribution in [2.45, 2.75) is 13.0 Å². The maximum atomic E-state index is 5.35. The monoisotopic (exact) mass is 235 g/mol. The maximum Gasteiger partial charge on any atom is 0.161 e. The van der Waals surface area contributed by atoms with E-state index in [1.54, 1.807) is 19.6 Å². The molecule has 0 radical (unpaired) electrons. The van der Waals surface area contributed by atoms with E-state index in [1.165, 1.54) is 0 Å². The average Bonchev–Trinajstić information content (AvgIpc) is 2.89. The molecule has 2 rings (SSSR count). The predicted octanol–water partition coefficient (Wildman–Crippen LogP) is 1.64. The number of nitrogens with one attached hydrogen (secondary N) is 1. The summed E-state index contributed by atoms with van der Waals surface area (Å²) in [6.45, 7) is 1.95. The summed E-state index contributed by atoms with van der Waals surface area (Å²) in [4.78, 5) is 0. The number of hydrogen-bond donors (Lipinski definition) is 1. The van der Waals surface area contributed by atoms with Crippen LogP contribution in [0.25, 0.3) is 0 Å².